The monoisotopic (exact) mass is 223 g/mol. The van der Waals surface area contributed by atoms with Crippen LogP contribution in [-0.2, 0) is 21.5 Å². The van der Waals surface area contributed by atoms with Gasteiger partial charge in [-0.05, 0) is 43.0 Å². The van der Waals surface area contributed by atoms with E-state index in [4.69, 9.17) is 10.5 Å². The lowest BCUT2D eigenvalue weighted by Gasteiger charge is -2.22. The van der Waals surface area contributed by atoms with Crippen LogP contribution in [0.1, 0.15) is 24.5 Å². The molecule has 0 radical (unpaired) electrons. The van der Waals surface area contributed by atoms with Crippen molar-refractivity contribution in [3.05, 3.63) is 35.1 Å². The summed E-state index contributed by atoms with van der Waals surface area (Å²) >= 11 is 0. The average Bonchev–Trinajstić information content (AvgIpc) is 2.58. The van der Waals surface area contributed by atoms with Gasteiger partial charge in [-0.2, -0.15) is 0 Å². The van der Waals surface area contributed by atoms with E-state index in [1.807, 2.05) is 0 Å². The molecule has 0 fully saturated rings. The fourth-order valence-electron chi connectivity index (χ4n) is 2.14. The number of rotatable bonds is 2. The molecule has 1 aliphatic carbocycles. The maximum absolute atomic E-state index is 13.0. The van der Waals surface area contributed by atoms with Crippen molar-refractivity contribution in [1.82, 2.24) is 0 Å². The molecule has 0 bridgehead atoms. The number of ether oxygens (including phenoxy) is 1. The van der Waals surface area contributed by atoms with Gasteiger partial charge in [0.05, 0.1) is 6.61 Å². The number of esters is 1. The highest BCUT2D eigenvalue weighted by Crippen LogP contribution is 2.36. The van der Waals surface area contributed by atoms with Crippen LogP contribution < -0.4 is 5.73 Å². The molecule has 0 spiro atoms. The van der Waals surface area contributed by atoms with Gasteiger partial charge in [-0.15, -0.1) is 0 Å². The van der Waals surface area contributed by atoms with E-state index in [2.05, 4.69) is 0 Å². The van der Waals surface area contributed by atoms with E-state index >= 15 is 0 Å². The number of fused-ring (bicyclic) bond motifs is 1. The van der Waals surface area contributed by atoms with E-state index in [0.29, 0.717) is 25.0 Å². The van der Waals surface area contributed by atoms with E-state index in [0.717, 1.165) is 5.56 Å². The predicted molar refractivity (Wildman–Crippen MR) is 57.2 cm³/mol. The Kier molecular flexibility index (Phi) is 2.68. The Morgan fingerprint density at radius 3 is 3.06 bits per heavy atom. The van der Waals surface area contributed by atoms with Crippen molar-refractivity contribution in [2.45, 2.75) is 25.3 Å². The minimum atomic E-state index is -1.10. The van der Waals surface area contributed by atoms with Crippen molar-refractivity contribution >= 4 is 5.97 Å². The van der Waals surface area contributed by atoms with Crippen molar-refractivity contribution in [2.24, 2.45) is 5.73 Å². The zero-order valence-electron chi connectivity index (χ0n) is 9.13. The third-order valence-corrected chi connectivity index (χ3v) is 2.98. The van der Waals surface area contributed by atoms with Gasteiger partial charge in [-0.25, -0.2) is 9.18 Å². The smallest absolute Gasteiger partial charge is 0.330 e. The maximum Gasteiger partial charge on any atom is 0.330 e. The minimum Gasteiger partial charge on any atom is -0.464 e. The van der Waals surface area contributed by atoms with Crippen LogP contribution in [0, 0.1) is 5.82 Å². The largest absolute Gasteiger partial charge is 0.464 e. The first-order chi connectivity index (χ1) is 7.58. The van der Waals surface area contributed by atoms with Gasteiger partial charge in [0.2, 0.25) is 0 Å². The molecule has 2 rings (SSSR count). The quantitative estimate of drug-likeness (QED) is 0.773. The highest BCUT2D eigenvalue weighted by atomic mass is 19.1. The highest BCUT2D eigenvalue weighted by Gasteiger charge is 2.43. The Hall–Kier alpha value is -1.42. The second kappa shape index (κ2) is 3.87. The molecule has 0 aliphatic heterocycles. The molecule has 0 saturated carbocycles. The van der Waals surface area contributed by atoms with Gasteiger partial charge < -0.3 is 10.5 Å². The number of carbonyl (C=O) groups excluding carboxylic acids is 1. The maximum atomic E-state index is 13.0. The molecule has 1 aromatic carbocycles. The van der Waals surface area contributed by atoms with Crippen LogP contribution >= 0.6 is 0 Å². The van der Waals surface area contributed by atoms with Gasteiger partial charge in [-0.3, -0.25) is 0 Å². The topological polar surface area (TPSA) is 52.3 Å². The van der Waals surface area contributed by atoms with E-state index in [9.17, 15) is 9.18 Å². The second-order valence-electron chi connectivity index (χ2n) is 3.99. The first kappa shape index (κ1) is 11.1. The van der Waals surface area contributed by atoms with Gasteiger partial charge in [0.15, 0.2) is 0 Å². The summed E-state index contributed by atoms with van der Waals surface area (Å²) in [6, 6.07) is 4.34. The number of hydrogen-bond donors (Lipinski definition) is 1. The second-order valence-corrected chi connectivity index (χ2v) is 3.99. The molecule has 3 nitrogen and oxygen atoms in total. The zero-order valence-corrected chi connectivity index (χ0v) is 9.13. The number of hydrogen-bond acceptors (Lipinski definition) is 3. The SMILES string of the molecule is CCOC(=O)C1(N)CCc2cc(F)ccc21. The lowest BCUT2D eigenvalue weighted by atomic mass is 9.93. The van der Waals surface area contributed by atoms with Gasteiger partial charge in [-0.1, -0.05) is 6.07 Å². The third kappa shape index (κ3) is 1.59. The molecule has 86 valence electrons. The lowest BCUT2D eigenvalue weighted by molar-refractivity contribution is -0.150. The molecule has 1 unspecified atom stereocenters. The van der Waals surface area contributed by atoms with Gasteiger partial charge >= 0.3 is 5.97 Å². The minimum absolute atomic E-state index is 0.299. The Morgan fingerprint density at radius 1 is 1.62 bits per heavy atom. The number of halogens is 1. The summed E-state index contributed by atoms with van der Waals surface area (Å²) in [4.78, 5) is 11.8. The lowest BCUT2D eigenvalue weighted by Crippen LogP contribution is -2.44. The van der Waals surface area contributed by atoms with E-state index in [1.54, 1.807) is 13.0 Å². The molecule has 1 aliphatic rings. The van der Waals surface area contributed by atoms with Crippen LogP contribution in [0.4, 0.5) is 4.39 Å². The molecule has 1 atom stereocenters. The molecule has 4 heteroatoms. The Bertz CT molecular complexity index is 433. The summed E-state index contributed by atoms with van der Waals surface area (Å²) in [5, 5.41) is 0. The van der Waals surface area contributed by atoms with Crippen LogP contribution in [0.2, 0.25) is 0 Å². The fraction of sp³-hybridized carbons (Fsp3) is 0.417. The van der Waals surface area contributed by atoms with Gasteiger partial charge in [0, 0.05) is 0 Å². The fourth-order valence-corrected chi connectivity index (χ4v) is 2.14. The van der Waals surface area contributed by atoms with Crippen LogP contribution in [0.5, 0.6) is 0 Å². The normalized spacial score (nSPS) is 22.9. The van der Waals surface area contributed by atoms with Gasteiger partial charge in [0.25, 0.3) is 0 Å². The summed E-state index contributed by atoms with van der Waals surface area (Å²) < 4.78 is 18.0. The van der Waals surface area contributed by atoms with Crippen molar-refractivity contribution in [2.75, 3.05) is 6.61 Å². The standard InChI is InChI=1S/C12H14FNO2/c1-2-16-11(15)12(14)6-5-8-7-9(13)3-4-10(8)12/h3-4,7H,2,5-6,14H2,1H3. The van der Waals surface area contributed by atoms with Crippen molar-refractivity contribution in [1.29, 1.82) is 0 Å². The first-order valence-electron chi connectivity index (χ1n) is 5.33. The summed E-state index contributed by atoms with van der Waals surface area (Å²) in [7, 11) is 0. The van der Waals surface area contributed by atoms with Crippen LogP contribution in [0.25, 0.3) is 0 Å². The van der Waals surface area contributed by atoms with Crippen molar-refractivity contribution in [3.63, 3.8) is 0 Å². The molecule has 0 amide bonds. The van der Waals surface area contributed by atoms with E-state index in [1.165, 1.54) is 12.1 Å². The Balaban J connectivity index is 2.38. The molecule has 2 N–H and O–H groups in total. The van der Waals surface area contributed by atoms with Crippen molar-refractivity contribution < 1.29 is 13.9 Å². The Labute approximate surface area is 93.4 Å². The molecule has 0 aromatic heterocycles. The number of aryl methyl sites for hydroxylation is 1. The van der Waals surface area contributed by atoms with Crippen LogP contribution in [0.15, 0.2) is 18.2 Å². The predicted octanol–water partition coefficient (Wildman–Crippen LogP) is 1.49. The number of nitrogens with two attached hydrogens (primary N) is 1. The molecule has 0 saturated heterocycles. The number of benzene rings is 1. The highest BCUT2D eigenvalue weighted by molar-refractivity contribution is 5.84. The number of carbonyl (C=O) groups is 1. The Morgan fingerprint density at radius 2 is 2.38 bits per heavy atom. The summed E-state index contributed by atoms with van der Waals surface area (Å²) in [6.07, 6.45) is 1.09. The van der Waals surface area contributed by atoms with Gasteiger partial charge in [0.1, 0.15) is 11.4 Å². The van der Waals surface area contributed by atoms with E-state index < -0.39 is 11.5 Å². The average molecular weight is 223 g/mol. The van der Waals surface area contributed by atoms with Crippen LogP contribution in [0.3, 0.4) is 0 Å². The summed E-state index contributed by atoms with van der Waals surface area (Å²) in [5.41, 5.74) is 6.44. The van der Waals surface area contributed by atoms with Crippen LogP contribution in [-0.4, -0.2) is 12.6 Å². The van der Waals surface area contributed by atoms with Crippen molar-refractivity contribution in [3.8, 4) is 0 Å². The first-order valence-corrected chi connectivity index (χ1v) is 5.33. The summed E-state index contributed by atoms with van der Waals surface area (Å²) in [6.45, 7) is 2.04. The molecule has 0 heterocycles. The molecule has 1 aromatic rings. The van der Waals surface area contributed by atoms with E-state index in [-0.39, 0.29) is 5.82 Å². The molecule has 16 heavy (non-hydrogen) atoms. The third-order valence-electron chi connectivity index (χ3n) is 2.98. The zero-order chi connectivity index (χ0) is 11.8. The summed E-state index contributed by atoms with van der Waals surface area (Å²) in [5.74, 6) is -0.729. The molecular formula is C12H14FNO2. The molecular weight excluding hydrogens is 209 g/mol.